The number of anilines is 1. The van der Waals surface area contributed by atoms with Gasteiger partial charge in [-0.1, -0.05) is 25.0 Å². The molecule has 8 nitrogen and oxygen atoms in total. The highest BCUT2D eigenvalue weighted by atomic mass is 19.1. The van der Waals surface area contributed by atoms with Crippen LogP contribution in [0, 0.1) is 11.7 Å². The summed E-state index contributed by atoms with van der Waals surface area (Å²) < 4.78 is 13.5. The van der Waals surface area contributed by atoms with Gasteiger partial charge in [0.05, 0.1) is 35.0 Å². The van der Waals surface area contributed by atoms with Crippen molar-refractivity contribution >= 4 is 33.5 Å². The lowest BCUT2D eigenvalue weighted by atomic mass is 10.0. The Labute approximate surface area is 222 Å². The van der Waals surface area contributed by atoms with Crippen LogP contribution in [0.25, 0.3) is 55.7 Å². The first kappa shape index (κ1) is 23.2. The summed E-state index contributed by atoms with van der Waals surface area (Å²) in [6.45, 7) is 0. The van der Waals surface area contributed by atoms with Crippen molar-refractivity contribution in [3.8, 4) is 33.8 Å². The highest BCUT2D eigenvalue weighted by Crippen LogP contribution is 2.34. The number of halogens is 1. The SMILES string of the molecule is O=C(Nc1cncc(-c2cc3c(-c4cc5c(-c6ccc(F)cc6)ccnc5[nH]4)n[nH]c3cn2)c1)C1CCCC1. The van der Waals surface area contributed by atoms with E-state index < -0.39 is 0 Å². The molecular formula is C30H24FN7O. The first-order valence-electron chi connectivity index (χ1n) is 13.0. The number of carbonyl (C=O) groups is 1. The fourth-order valence-corrected chi connectivity index (χ4v) is 5.40. The number of aromatic nitrogens is 6. The molecule has 1 aromatic carbocycles. The van der Waals surface area contributed by atoms with E-state index in [9.17, 15) is 9.18 Å². The van der Waals surface area contributed by atoms with Gasteiger partial charge in [0.2, 0.25) is 5.91 Å². The van der Waals surface area contributed by atoms with E-state index in [4.69, 9.17) is 0 Å². The van der Waals surface area contributed by atoms with Gasteiger partial charge in [0.15, 0.2) is 0 Å². The number of amides is 1. The molecule has 1 fully saturated rings. The predicted octanol–water partition coefficient (Wildman–Crippen LogP) is 6.50. The third kappa shape index (κ3) is 4.31. The molecule has 7 rings (SSSR count). The largest absolute Gasteiger partial charge is 0.338 e. The number of benzene rings is 1. The predicted molar refractivity (Wildman–Crippen MR) is 148 cm³/mol. The van der Waals surface area contributed by atoms with Crippen LogP contribution in [-0.2, 0) is 4.79 Å². The van der Waals surface area contributed by atoms with Crippen molar-refractivity contribution in [2.24, 2.45) is 5.92 Å². The molecule has 0 saturated heterocycles. The zero-order valence-electron chi connectivity index (χ0n) is 20.9. The quantitative estimate of drug-likeness (QED) is 0.242. The van der Waals surface area contributed by atoms with Crippen molar-refractivity contribution in [3.63, 3.8) is 0 Å². The Morgan fingerprint density at radius 3 is 2.62 bits per heavy atom. The molecule has 9 heteroatoms. The minimum Gasteiger partial charge on any atom is -0.338 e. The Morgan fingerprint density at radius 2 is 1.77 bits per heavy atom. The van der Waals surface area contributed by atoms with Crippen LogP contribution in [0.15, 0.2) is 73.3 Å². The lowest BCUT2D eigenvalue weighted by Gasteiger charge is -2.11. The Morgan fingerprint density at radius 1 is 0.923 bits per heavy atom. The van der Waals surface area contributed by atoms with Gasteiger partial charge in [-0.3, -0.25) is 19.9 Å². The van der Waals surface area contributed by atoms with Crippen LogP contribution in [0.4, 0.5) is 10.1 Å². The third-order valence-electron chi connectivity index (χ3n) is 7.42. The fourth-order valence-electron chi connectivity index (χ4n) is 5.40. The summed E-state index contributed by atoms with van der Waals surface area (Å²) in [6, 6.07) is 14.2. The summed E-state index contributed by atoms with van der Waals surface area (Å²) >= 11 is 0. The molecule has 1 aliphatic rings. The Hall–Kier alpha value is -4.92. The second-order valence-corrected chi connectivity index (χ2v) is 9.93. The minimum atomic E-state index is -0.275. The van der Waals surface area contributed by atoms with E-state index in [-0.39, 0.29) is 17.6 Å². The second kappa shape index (κ2) is 9.43. The number of hydrogen-bond donors (Lipinski definition) is 3. The molecule has 0 aliphatic heterocycles. The number of pyridine rings is 3. The van der Waals surface area contributed by atoms with Crippen LogP contribution in [0.2, 0.25) is 0 Å². The molecular weight excluding hydrogens is 493 g/mol. The fraction of sp³-hybridized carbons (Fsp3) is 0.167. The summed E-state index contributed by atoms with van der Waals surface area (Å²) in [6.07, 6.45) is 11.0. The smallest absolute Gasteiger partial charge is 0.227 e. The Kier molecular flexibility index (Phi) is 5.61. The van der Waals surface area contributed by atoms with Crippen LogP contribution in [0.3, 0.4) is 0 Å². The number of H-pyrrole nitrogens is 2. The van der Waals surface area contributed by atoms with Crippen molar-refractivity contribution in [2.45, 2.75) is 25.7 Å². The molecule has 3 N–H and O–H groups in total. The number of nitrogens with zero attached hydrogens (tertiary/aromatic N) is 4. The summed E-state index contributed by atoms with van der Waals surface area (Å²) in [7, 11) is 0. The molecule has 0 spiro atoms. The average Bonchev–Trinajstić information content (AvgIpc) is 3.73. The molecule has 1 aliphatic carbocycles. The molecule has 192 valence electrons. The zero-order chi connectivity index (χ0) is 26.3. The Bertz CT molecular complexity index is 1830. The van der Waals surface area contributed by atoms with E-state index >= 15 is 0 Å². The van der Waals surface area contributed by atoms with Crippen molar-refractivity contribution in [2.75, 3.05) is 5.32 Å². The highest BCUT2D eigenvalue weighted by Gasteiger charge is 2.23. The van der Waals surface area contributed by atoms with E-state index in [1.807, 2.05) is 24.3 Å². The lowest BCUT2D eigenvalue weighted by molar-refractivity contribution is -0.119. The number of nitrogens with one attached hydrogen (secondary N) is 3. The lowest BCUT2D eigenvalue weighted by Crippen LogP contribution is -2.20. The molecule has 39 heavy (non-hydrogen) atoms. The van der Waals surface area contributed by atoms with Gasteiger partial charge in [-0.25, -0.2) is 9.37 Å². The maximum atomic E-state index is 13.5. The van der Waals surface area contributed by atoms with E-state index in [0.29, 0.717) is 11.3 Å². The monoisotopic (exact) mass is 517 g/mol. The molecule has 0 atom stereocenters. The van der Waals surface area contributed by atoms with Gasteiger partial charge in [0.25, 0.3) is 0 Å². The Balaban J connectivity index is 1.24. The normalized spacial score (nSPS) is 13.9. The van der Waals surface area contributed by atoms with Crippen molar-refractivity contribution in [1.82, 2.24) is 30.1 Å². The molecule has 5 aromatic heterocycles. The molecule has 6 aromatic rings. The molecule has 0 bridgehead atoms. The van der Waals surface area contributed by atoms with Crippen LogP contribution < -0.4 is 5.32 Å². The standard InChI is InChI=1S/C30H24FN7O/c31-20-7-5-17(6-8-20)22-9-10-33-29-23(22)12-26(36-29)28-24-13-25(34-16-27(24)37-38-28)19-11-21(15-32-14-19)35-30(39)18-3-1-2-4-18/h5-16,18H,1-4H2,(H,33,36)(H,35,39)(H,37,38). The highest BCUT2D eigenvalue weighted by molar-refractivity contribution is 6.00. The van der Waals surface area contributed by atoms with Crippen LogP contribution >= 0.6 is 0 Å². The number of fused-ring (bicyclic) bond motifs is 2. The maximum Gasteiger partial charge on any atom is 0.227 e. The van der Waals surface area contributed by atoms with E-state index in [1.54, 1.807) is 36.9 Å². The number of hydrogen-bond acceptors (Lipinski definition) is 5. The van der Waals surface area contributed by atoms with E-state index in [0.717, 1.165) is 75.7 Å². The first-order chi connectivity index (χ1) is 19.1. The molecule has 1 saturated carbocycles. The first-order valence-corrected chi connectivity index (χ1v) is 13.0. The van der Waals surface area contributed by atoms with Crippen molar-refractivity contribution in [3.05, 3.63) is 79.1 Å². The molecule has 0 radical (unpaired) electrons. The minimum absolute atomic E-state index is 0.0550. The van der Waals surface area contributed by atoms with Gasteiger partial charge in [0.1, 0.15) is 17.2 Å². The molecule has 0 unspecified atom stereocenters. The summed E-state index contributed by atoms with van der Waals surface area (Å²) in [5, 5.41) is 12.4. The van der Waals surface area contributed by atoms with Crippen molar-refractivity contribution < 1.29 is 9.18 Å². The maximum absolute atomic E-state index is 13.5. The number of carbonyl (C=O) groups excluding carboxylic acids is 1. The number of aromatic amines is 2. The van der Waals surface area contributed by atoms with Crippen molar-refractivity contribution in [1.29, 1.82) is 0 Å². The van der Waals surface area contributed by atoms with E-state index in [1.165, 1.54) is 12.1 Å². The third-order valence-corrected chi connectivity index (χ3v) is 7.42. The van der Waals surface area contributed by atoms with Gasteiger partial charge >= 0.3 is 0 Å². The van der Waals surface area contributed by atoms with Gasteiger partial charge in [-0.2, -0.15) is 5.10 Å². The summed E-state index contributed by atoms with van der Waals surface area (Å²) in [5.41, 5.74) is 7.06. The van der Waals surface area contributed by atoms with Crippen LogP contribution in [0.1, 0.15) is 25.7 Å². The number of rotatable bonds is 5. The average molecular weight is 518 g/mol. The zero-order valence-corrected chi connectivity index (χ0v) is 20.9. The summed E-state index contributed by atoms with van der Waals surface area (Å²) in [5.74, 6) is -0.145. The van der Waals surface area contributed by atoms with E-state index in [2.05, 4.69) is 35.5 Å². The van der Waals surface area contributed by atoms with Gasteiger partial charge in [-0.15, -0.1) is 0 Å². The summed E-state index contributed by atoms with van der Waals surface area (Å²) in [4.78, 5) is 29.4. The topological polar surface area (TPSA) is 112 Å². The van der Waals surface area contributed by atoms with Gasteiger partial charge in [0, 0.05) is 34.6 Å². The molecule has 5 heterocycles. The van der Waals surface area contributed by atoms with Crippen LogP contribution in [-0.4, -0.2) is 36.0 Å². The second-order valence-electron chi connectivity index (χ2n) is 9.93. The molecule has 1 amide bonds. The van der Waals surface area contributed by atoms with Gasteiger partial charge < -0.3 is 10.3 Å². The van der Waals surface area contributed by atoms with Crippen LogP contribution in [0.5, 0.6) is 0 Å². The van der Waals surface area contributed by atoms with Gasteiger partial charge in [-0.05, 0) is 60.4 Å².